The Morgan fingerprint density at radius 2 is 1.11 bits per heavy atom. The summed E-state index contributed by atoms with van der Waals surface area (Å²) in [5.74, 6) is -1.17. The Bertz CT molecular complexity index is 1230. The zero-order valence-corrected chi connectivity index (χ0v) is 33.1. The Labute approximate surface area is 319 Å². The molecule has 3 N–H and O–H groups in total. The Balaban J connectivity index is 4.30. The van der Waals surface area contributed by atoms with Crippen LogP contribution in [0.2, 0.25) is 0 Å². The molecule has 0 rings (SSSR count). The third-order valence-corrected chi connectivity index (χ3v) is 7.86. The number of rotatable bonds is 33. The van der Waals surface area contributed by atoms with E-state index in [0.29, 0.717) is 25.7 Å². The topological polar surface area (TPSA) is 140 Å². The largest absolute Gasteiger partial charge is 0.469 e. The van der Waals surface area contributed by atoms with Gasteiger partial charge in [0.05, 0.1) is 12.7 Å². The molecule has 0 aromatic carbocycles. The first-order chi connectivity index (χ1) is 25.7. The molecule has 298 valence electrons. The van der Waals surface area contributed by atoms with Gasteiger partial charge < -0.3 is 24.4 Å². The standard InChI is InChI=1S/C43H67O9P/c1-3-5-7-9-11-13-15-17-18-19-20-22-24-26-28-30-32-36-42(45)50-38-41(39-51-53(47,48)49)52-43(46)37-33-35-40(44)34-31-29-27-25-23-21-16-14-12-10-8-6-4-2/h5,7,11-14,17-18,20-23,26-29,31,34,40-41,44H,3-4,6,8-10,15-16,19,24-25,30,32-33,35-39H2,1-2H3,(H2,47,48,49)/b7-5-,13-11-,14-12-,18-17-,22-20-,23-21-,28-26-,29-27-,34-31+/t40-,41+/m0/s1. The number of ether oxygens (including phenoxy) is 2. The van der Waals surface area contributed by atoms with Crippen molar-refractivity contribution in [1.82, 2.24) is 0 Å². The van der Waals surface area contributed by atoms with Crippen molar-refractivity contribution in [1.29, 1.82) is 0 Å². The lowest BCUT2D eigenvalue weighted by Gasteiger charge is -2.18. The van der Waals surface area contributed by atoms with Crippen molar-refractivity contribution in [3.8, 4) is 0 Å². The molecule has 53 heavy (non-hydrogen) atoms. The Morgan fingerprint density at radius 3 is 1.66 bits per heavy atom. The van der Waals surface area contributed by atoms with Crippen LogP contribution < -0.4 is 0 Å². The molecule has 0 unspecified atom stereocenters. The smallest absolute Gasteiger partial charge is 0.462 e. The number of carbonyl (C=O) groups is 2. The van der Waals surface area contributed by atoms with Gasteiger partial charge in [0.25, 0.3) is 0 Å². The molecule has 0 fully saturated rings. The van der Waals surface area contributed by atoms with Gasteiger partial charge in [-0.1, -0.05) is 136 Å². The van der Waals surface area contributed by atoms with Crippen LogP contribution in [0.4, 0.5) is 0 Å². The summed E-state index contributed by atoms with van der Waals surface area (Å²) in [7, 11) is -4.83. The number of phosphoric ester groups is 1. The maximum absolute atomic E-state index is 12.4. The second-order valence-corrected chi connectivity index (χ2v) is 13.6. The Morgan fingerprint density at radius 1 is 0.604 bits per heavy atom. The summed E-state index contributed by atoms with van der Waals surface area (Å²) < 4.78 is 26.1. The molecule has 0 aliphatic rings. The fourth-order valence-corrected chi connectivity index (χ4v) is 4.87. The van der Waals surface area contributed by atoms with E-state index in [0.717, 1.165) is 51.4 Å². The number of hydrogen-bond donors (Lipinski definition) is 3. The molecule has 0 aromatic heterocycles. The van der Waals surface area contributed by atoms with E-state index in [9.17, 15) is 19.3 Å². The van der Waals surface area contributed by atoms with Gasteiger partial charge in [0.15, 0.2) is 6.10 Å². The second kappa shape index (κ2) is 37.0. The summed E-state index contributed by atoms with van der Waals surface area (Å²) in [4.78, 5) is 42.7. The molecule has 0 aliphatic carbocycles. The third-order valence-electron chi connectivity index (χ3n) is 7.38. The number of allylic oxidation sites excluding steroid dienone is 17. The van der Waals surface area contributed by atoms with Gasteiger partial charge in [-0.25, -0.2) is 4.57 Å². The number of unbranched alkanes of at least 4 members (excludes halogenated alkanes) is 4. The maximum Gasteiger partial charge on any atom is 0.469 e. The zero-order chi connectivity index (χ0) is 39.1. The van der Waals surface area contributed by atoms with Crippen LogP contribution in [0.1, 0.15) is 123 Å². The van der Waals surface area contributed by atoms with Gasteiger partial charge >= 0.3 is 19.8 Å². The van der Waals surface area contributed by atoms with Gasteiger partial charge in [0.2, 0.25) is 0 Å². The van der Waals surface area contributed by atoms with Crippen molar-refractivity contribution < 1.29 is 43.0 Å². The van der Waals surface area contributed by atoms with E-state index in [-0.39, 0.29) is 12.8 Å². The summed E-state index contributed by atoms with van der Waals surface area (Å²) >= 11 is 0. The number of phosphoric acid groups is 1. The average molecular weight is 759 g/mol. The van der Waals surface area contributed by atoms with Crippen LogP contribution in [-0.4, -0.2) is 52.3 Å². The molecule has 0 bridgehead atoms. The van der Waals surface area contributed by atoms with Crippen molar-refractivity contribution in [3.05, 3.63) is 109 Å². The minimum Gasteiger partial charge on any atom is -0.462 e. The van der Waals surface area contributed by atoms with Gasteiger partial charge in [-0.15, -0.1) is 0 Å². The molecule has 0 radical (unpaired) electrons. The molecule has 10 heteroatoms. The zero-order valence-electron chi connectivity index (χ0n) is 32.2. The predicted molar refractivity (Wildman–Crippen MR) is 217 cm³/mol. The highest BCUT2D eigenvalue weighted by Crippen LogP contribution is 2.35. The van der Waals surface area contributed by atoms with Crippen LogP contribution in [0.15, 0.2) is 109 Å². The van der Waals surface area contributed by atoms with E-state index in [1.807, 2.05) is 24.3 Å². The van der Waals surface area contributed by atoms with Crippen LogP contribution in [-0.2, 0) is 28.2 Å². The Kier molecular flexibility index (Phi) is 34.7. The lowest BCUT2D eigenvalue weighted by molar-refractivity contribution is -0.161. The number of carbonyl (C=O) groups excluding carboxylic acids is 2. The molecule has 9 nitrogen and oxygen atoms in total. The first-order valence-corrected chi connectivity index (χ1v) is 20.8. The Hall–Kier alpha value is -3.33. The number of aliphatic hydroxyl groups excluding tert-OH is 1. The van der Waals surface area contributed by atoms with Crippen LogP contribution in [0, 0.1) is 0 Å². The minimum atomic E-state index is -4.83. The minimum absolute atomic E-state index is 0.0355. The molecular formula is C43H67O9P. The number of hydrogen-bond acceptors (Lipinski definition) is 7. The van der Waals surface area contributed by atoms with E-state index in [4.69, 9.17) is 19.3 Å². The third kappa shape index (κ3) is 39.7. The van der Waals surface area contributed by atoms with Crippen molar-refractivity contribution in [3.63, 3.8) is 0 Å². The molecule has 0 heterocycles. The van der Waals surface area contributed by atoms with Crippen LogP contribution in [0.25, 0.3) is 0 Å². The van der Waals surface area contributed by atoms with Gasteiger partial charge in [-0.05, 0) is 83.5 Å². The first kappa shape index (κ1) is 49.7. The monoisotopic (exact) mass is 758 g/mol. The van der Waals surface area contributed by atoms with Gasteiger partial charge in [0, 0.05) is 12.8 Å². The molecule has 2 atom stereocenters. The van der Waals surface area contributed by atoms with Gasteiger partial charge in [-0.3, -0.25) is 14.1 Å². The summed E-state index contributed by atoms with van der Waals surface area (Å²) in [6, 6.07) is 0. The summed E-state index contributed by atoms with van der Waals surface area (Å²) in [5.41, 5.74) is 0. The van der Waals surface area contributed by atoms with Crippen molar-refractivity contribution in [2.24, 2.45) is 0 Å². The molecule has 0 spiro atoms. The maximum atomic E-state index is 12.4. The van der Waals surface area contributed by atoms with Crippen LogP contribution in [0.5, 0.6) is 0 Å². The van der Waals surface area contributed by atoms with Crippen LogP contribution >= 0.6 is 7.82 Å². The highest BCUT2D eigenvalue weighted by atomic mass is 31.2. The average Bonchev–Trinajstić information content (AvgIpc) is 3.12. The quantitative estimate of drug-likeness (QED) is 0.0196. The van der Waals surface area contributed by atoms with Crippen molar-refractivity contribution in [2.75, 3.05) is 13.2 Å². The van der Waals surface area contributed by atoms with E-state index in [1.54, 1.807) is 12.2 Å². The fraction of sp³-hybridized carbons (Fsp3) is 0.535. The first-order valence-electron chi connectivity index (χ1n) is 19.3. The summed E-state index contributed by atoms with van der Waals surface area (Å²) in [5, 5.41) is 10.2. The molecular weight excluding hydrogens is 691 g/mol. The second-order valence-electron chi connectivity index (χ2n) is 12.4. The number of aliphatic hydroxyl groups is 1. The highest BCUT2D eigenvalue weighted by molar-refractivity contribution is 7.46. The van der Waals surface area contributed by atoms with E-state index in [1.165, 1.54) is 19.3 Å². The SMILES string of the molecule is CC/C=C\C/C=C\C/C=C\C/C=C\C/C=C\CCCC(=O)OC[C@H](COP(=O)(O)O)OC(=O)CCC[C@@H](O)/C=C/C=C\C/C=C\C/C=C\CCCCC. The van der Waals surface area contributed by atoms with Gasteiger partial charge in [-0.2, -0.15) is 0 Å². The molecule has 0 aliphatic heterocycles. The molecule has 0 saturated heterocycles. The summed E-state index contributed by atoms with van der Waals surface area (Å²) in [6.07, 6.45) is 48.4. The van der Waals surface area contributed by atoms with E-state index < -0.39 is 45.2 Å². The van der Waals surface area contributed by atoms with E-state index >= 15 is 0 Å². The lowest BCUT2D eigenvalue weighted by atomic mass is 10.1. The molecule has 0 saturated carbocycles. The molecule has 0 aromatic rings. The predicted octanol–water partition coefficient (Wildman–Crippen LogP) is 10.6. The lowest BCUT2D eigenvalue weighted by Crippen LogP contribution is -2.29. The molecule has 0 amide bonds. The van der Waals surface area contributed by atoms with E-state index in [2.05, 4.69) is 91.3 Å². The normalized spacial score (nSPS) is 14.3. The van der Waals surface area contributed by atoms with Crippen molar-refractivity contribution >= 4 is 19.8 Å². The number of esters is 2. The van der Waals surface area contributed by atoms with Crippen LogP contribution in [0.3, 0.4) is 0 Å². The highest BCUT2D eigenvalue weighted by Gasteiger charge is 2.23. The van der Waals surface area contributed by atoms with Crippen molar-refractivity contribution in [2.45, 2.75) is 135 Å². The van der Waals surface area contributed by atoms with Gasteiger partial charge in [0.1, 0.15) is 6.61 Å². The fourth-order valence-electron chi connectivity index (χ4n) is 4.51. The summed E-state index contributed by atoms with van der Waals surface area (Å²) in [6.45, 7) is 3.30.